The topological polar surface area (TPSA) is 74.6 Å². The summed E-state index contributed by atoms with van der Waals surface area (Å²) < 4.78 is 14.7. The van der Waals surface area contributed by atoms with Crippen molar-refractivity contribution in [3.63, 3.8) is 0 Å². The molecule has 4 aliphatic carbocycles. The minimum Gasteiger partial charge on any atom is -0.391 e. The predicted molar refractivity (Wildman–Crippen MR) is 108 cm³/mol. The largest absolute Gasteiger partial charge is 0.391 e. The third kappa shape index (κ3) is 2.28. The summed E-state index contributed by atoms with van der Waals surface area (Å²) in [5, 5.41) is 22.9. The second-order valence-electron chi connectivity index (χ2n) is 9.81. The zero-order valence-corrected chi connectivity index (χ0v) is 18.4. The van der Waals surface area contributed by atoms with E-state index in [0.717, 1.165) is 0 Å². The van der Waals surface area contributed by atoms with Crippen molar-refractivity contribution < 1.29 is 24.2 Å². The highest BCUT2D eigenvalue weighted by atomic mass is 35.5. The van der Waals surface area contributed by atoms with Gasteiger partial charge in [-0.05, 0) is 55.1 Å². The molecule has 3 fully saturated rings. The second kappa shape index (κ2) is 6.38. The lowest BCUT2D eigenvalue weighted by molar-refractivity contribution is -0.175. The Balaban J connectivity index is 1.86. The first-order valence-electron chi connectivity index (χ1n) is 10.2. The number of hydrogen-bond acceptors (Lipinski definition) is 4. The number of ketones is 2. The fourth-order valence-corrected chi connectivity index (χ4v) is 8.04. The van der Waals surface area contributed by atoms with Gasteiger partial charge in [0.15, 0.2) is 11.6 Å². The van der Waals surface area contributed by atoms with Crippen LogP contribution in [0, 0.1) is 28.6 Å². The molecule has 0 aromatic carbocycles. The Morgan fingerprint density at radius 3 is 2.62 bits per heavy atom. The zero-order valence-electron chi connectivity index (χ0n) is 16.8. The van der Waals surface area contributed by atoms with Crippen LogP contribution < -0.4 is 0 Å². The van der Waals surface area contributed by atoms with Crippen LogP contribution in [-0.4, -0.2) is 44.2 Å². The van der Waals surface area contributed by atoms with Gasteiger partial charge in [0.25, 0.3) is 0 Å². The van der Waals surface area contributed by atoms with Crippen molar-refractivity contribution in [1.29, 1.82) is 0 Å². The molecule has 0 amide bonds. The van der Waals surface area contributed by atoms with Crippen LogP contribution in [0.25, 0.3) is 0 Å². The Morgan fingerprint density at radius 2 is 2.00 bits per heavy atom. The van der Waals surface area contributed by atoms with Gasteiger partial charge in [0.1, 0.15) is 5.60 Å². The quantitative estimate of drug-likeness (QED) is 0.636. The number of fused-ring (bicyclic) bond motifs is 5. The molecule has 4 rings (SSSR count). The second-order valence-corrected chi connectivity index (χ2v) is 10.7. The number of carbonyl (C=O) groups excluding carboxylic acids is 2. The molecule has 7 heteroatoms. The number of carbonyl (C=O) groups is 2. The molecule has 0 heterocycles. The van der Waals surface area contributed by atoms with Crippen LogP contribution in [0.4, 0.5) is 4.39 Å². The van der Waals surface area contributed by atoms with Crippen molar-refractivity contribution in [3.05, 3.63) is 23.6 Å². The van der Waals surface area contributed by atoms with E-state index >= 15 is 0 Å². The van der Waals surface area contributed by atoms with Crippen LogP contribution in [0.15, 0.2) is 23.6 Å². The van der Waals surface area contributed by atoms with Crippen LogP contribution in [-0.2, 0) is 9.59 Å². The lowest BCUT2D eigenvalue weighted by Crippen LogP contribution is -2.69. The summed E-state index contributed by atoms with van der Waals surface area (Å²) in [7, 11) is 0. The summed E-state index contributed by atoms with van der Waals surface area (Å²) in [4.78, 5) is 23.4. The fraction of sp³-hybridized carbons (Fsp3) is 0.727. The normalized spacial score (nSPS) is 51.5. The number of aliphatic hydroxyl groups is 2. The number of Topliss-reactive ketones (excluding diaryl/α,β-unsaturated/α-hetero) is 1. The number of alkyl halides is 2. The summed E-state index contributed by atoms with van der Waals surface area (Å²) in [6.07, 6.45) is 3.26. The molecule has 0 aliphatic heterocycles. The van der Waals surface area contributed by atoms with Gasteiger partial charge < -0.3 is 10.2 Å². The molecule has 0 spiro atoms. The average molecular weight is 445 g/mol. The van der Waals surface area contributed by atoms with E-state index in [2.05, 4.69) is 0 Å². The minimum absolute atomic E-state index is 0.105. The maximum atomic E-state index is 14.7. The lowest BCUT2D eigenvalue weighted by Gasteiger charge is -2.63. The number of rotatable bonds is 2. The molecule has 0 aromatic rings. The number of hydrogen-bond donors (Lipinski definition) is 2. The summed E-state index contributed by atoms with van der Waals surface area (Å²) in [5.41, 5.74) is -3.20. The van der Waals surface area contributed by atoms with Gasteiger partial charge in [0.2, 0.25) is 5.78 Å². The summed E-state index contributed by atoms with van der Waals surface area (Å²) in [6, 6.07) is 0. The van der Waals surface area contributed by atoms with Gasteiger partial charge >= 0.3 is 0 Å². The van der Waals surface area contributed by atoms with Gasteiger partial charge in [-0.1, -0.05) is 26.8 Å². The molecule has 4 aliphatic rings. The molecular formula is C22H27Cl2FO4. The van der Waals surface area contributed by atoms with Gasteiger partial charge in [0, 0.05) is 10.8 Å². The smallest absolute Gasteiger partial charge is 0.213 e. The standard InChI is InChI=1S/C22H27Cl2FO4/c1-11-8-14-12-4-5-13-18(25)15(26)6-7-19(13,2)21(12,24)16(27)9-20(14,3)22(11,29)17(28)10-23/h6-7,11-12,14,16,27,29H,4-5,8-10H2,1-3H3/t11-,12+,14+,16+,19+,20+,21+,22+/m1/s1. The molecular weight excluding hydrogens is 418 g/mol. The number of allylic oxidation sites excluding steroid dienone is 4. The van der Waals surface area contributed by atoms with Gasteiger partial charge in [0.05, 0.1) is 16.9 Å². The third-order valence-electron chi connectivity index (χ3n) is 8.86. The van der Waals surface area contributed by atoms with Crippen LogP contribution in [0.3, 0.4) is 0 Å². The third-order valence-corrected chi connectivity index (χ3v) is 10.0. The predicted octanol–water partition coefficient (Wildman–Crippen LogP) is 3.71. The van der Waals surface area contributed by atoms with E-state index in [-0.39, 0.29) is 30.1 Å². The Hall–Kier alpha value is -0.750. The summed E-state index contributed by atoms with van der Waals surface area (Å²) >= 11 is 13.1. The van der Waals surface area contributed by atoms with E-state index in [1.165, 1.54) is 6.08 Å². The fourth-order valence-electron chi connectivity index (χ4n) is 7.32. The molecule has 29 heavy (non-hydrogen) atoms. The Bertz CT molecular complexity index is 856. The van der Waals surface area contributed by atoms with Gasteiger partial charge in [-0.2, -0.15) is 0 Å². The van der Waals surface area contributed by atoms with Crippen molar-refractivity contribution >= 4 is 34.8 Å². The maximum Gasteiger partial charge on any atom is 0.213 e. The molecule has 2 N–H and O–H groups in total. The molecule has 0 bridgehead atoms. The Labute approximate surface area is 180 Å². The average Bonchev–Trinajstić information content (AvgIpc) is 2.87. The first-order chi connectivity index (χ1) is 13.4. The molecule has 0 radical (unpaired) electrons. The SMILES string of the molecule is C[C@@H]1C[C@H]2[C@@H]3CCC4=C(F)C(=O)C=C[C@]4(C)[C@@]3(Cl)[C@@H](O)C[C@]2(C)[C@@]1(O)C(=O)CCl. The summed E-state index contributed by atoms with van der Waals surface area (Å²) in [5.74, 6) is -2.88. The van der Waals surface area contributed by atoms with Crippen molar-refractivity contribution in [2.24, 2.45) is 28.6 Å². The van der Waals surface area contributed by atoms with Crippen molar-refractivity contribution in [3.8, 4) is 0 Å². The van der Waals surface area contributed by atoms with E-state index in [9.17, 15) is 24.2 Å². The number of halogens is 3. The molecule has 0 saturated heterocycles. The highest BCUT2D eigenvalue weighted by molar-refractivity contribution is 6.29. The molecule has 160 valence electrons. The Kier molecular flexibility index (Phi) is 4.73. The van der Waals surface area contributed by atoms with E-state index in [1.54, 1.807) is 13.0 Å². The van der Waals surface area contributed by atoms with Gasteiger partial charge in [-0.25, -0.2) is 4.39 Å². The first kappa shape index (κ1) is 21.5. The molecule has 0 unspecified atom stereocenters. The van der Waals surface area contributed by atoms with E-state index in [0.29, 0.717) is 24.8 Å². The van der Waals surface area contributed by atoms with Crippen molar-refractivity contribution in [1.82, 2.24) is 0 Å². The van der Waals surface area contributed by atoms with Crippen molar-refractivity contribution in [2.45, 2.75) is 63.0 Å². The molecule has 3 saturated carbocycles. The molecule has 0 aromatic heterocycles. The van der Waals surface area contributed by atoms with Crippen LogP contribution in [0.1, 0.15) is 46.5 Å². The summed E-state index contributed by atoms with van der Waals surface area (Å²) in [6.45, 7) is 5.47. The highest BCUT2D eigenvalue weighted by Gasteiger charge is 2.74. The number of aliphatic hydroxyl groups excluding tert-OH is 1. The van der Waals surface area contributed by atoms with Crippen molar-refractivity contribution in [2.75, 3.05) is 5.88 Å². The first-order valence-corrected chi connectivity index (χ1v) is 11.1. The zero-order chi connectivity index (χ0) is 21.6. The maximum absolute atomic E-state index is 14.7. The van der Waals surface area contributed by atoms with Gasteiger partial charge in [-0.15, -0.1) is 23.2 Å². The van der Waals surface area contributed by atoms with Crippen LogP contribution in [0.5, 0.6) is 0 Å². The van der Waals surface area contributed by atoms with Crippen LogP contribution >= 0.6 is 23.2 Å². The van der Waals surface area contributed by atoms with Crippen LogP contribution in [0.2, 0.25) is 0 Å². The lowest BCUT2D eigenvalue weighted by atomic mass is 9.45. The van der Waals surface area contributed by atoms with E-state index in [4.69, 9.17) is 23.2 Å². The highest BCUT2D eigenvalue weighted by Crippen LogP contribution is 2.71. The monoisotopic (exact) mass is 444 g/mol. The van der Waals surface area contributed by atoms with E-state index in [1.807, 2.05) is 13.8 Å². The van der Waals surface area contributed by atoms with Gasteiger partial charge in [-0.3, -0.25) is 9.59 Å². The minimum atomic E-state index is -1.64. The van der Waals surface area contributed by atoms with E-state index < -0.39 is 44.8 Å². The molecule has 8 atom stereocenters. The Morgan fingerprint density at radius 1 is 1.34 bits per heavy atom. The molecule has 4 nitrogen and oxygen atoms in total.